The van der Waals surface area contributed by atoms with Crippen LogP contribution in [-0.2, 0) is 30.9 Å². The number of aromatic nitrogens is 3. The Kier molecular flexibility index (Phi) is 10.3. The van der Waals surface area contributed by atoms with E-state index < -0.39 is 0 Å². The molecule has 4 aromatic rings. The Morgan fingerprint density at radius 2 is 1.93 bits per heavy atom. The first-order valence-corrected chi connectivity index (χ1v) is 16.1. The molecule has 1 unspecified atom stereocenters. The molecule has 2 aromatic heterocycles. The van der Waals surface area contributed by atoms with Gasteiger partial charge in [0.15, 0.2) is 0 Å². The lowest BCUT2D eigenvalue weighted by atomic mass is 9.81. The average Bonchev–Trinajstić information content (AvgIpc) is 3.48. The van der Waals surface area contributed by atoms with Gasteiger partial charge in [0.05, 0.1) is 42.1 Å². The average molecular weight is 608 g/mol. The maximum Gasteiger partial charge on any atom is 0.234 e. The Morgan fingerprint density at radius 1 is 1.11 bits per heavy atom. The normalized spacial score (nSPS) is 14.8. The van der Waals surface area contributed by atoms with Crippen LogP contribution in [0.15, 0.2) is 90.2 Å². The van der Waals surface area contributed by atoms with Crippen molar-refractivity contribution in [3.63, 3.8) is 0 Å². The summed E-state index contributed by atoms with van der Waals surface area (Å²) < 4.78 is 8.17. The summed E-state index contributed by atoms with van der Waals surface area (Å²) in [6.07, 6.45) is 10.2. The fourth-order valence-electron chi connectivity index (χ4n) is 5.62. The minimum Gasteiger partial charge on any atom is -0.489 e. The van der Waals surface area contributed by atoms with E-state index in [1.165, 1.54) is 11.8 Å². The number of allylic oxidation sites excluding steroid dienone is 2. The van der Waals surface area contributed by atoms with Crippen LogP contribution in [0.1, 0.15) is 80.3 Å². The van der Waals surface area contributed by atoms with Crippen molar-refractivity contribution in [2.24, 2.45) is 0 Å². The van der Waals surface area contributed by atoms with Gasteiger partial charge in [0.25, 0.3) is 0 Å². The Morgan fingerprint density at radius 3 is 2.64 bits per heavy atom. The molecule has 7 nitrogen and oxygen atoms in total. The summed E-state index contributed by atoms with van der Waals surface area (Å²) in [5.74, 6) is 0.939. The number of thioether (sulfide) groups is 1. The number of hydrogen-bond acceptors (Lipinski definition) is 6. The third-order valence-electron chi connectivity index (χ3n) is 7.89. The highest BCUT2D eigenvalue weighted by molar-refractivity contribution is 8.17. The molecule has 8 heteroatoms. The van der Waals surface area contributed by atoms with E-state index >= 15 is 0 Å². The highest BCUT2D eigenvalue weighted by atomic mass is 32.2. The smallest absolute Gasteiger partial charge is 0.234 e. The van der Waals surface area contributed by atoms with Crippen molar-refractivity contribution in [1.29, 1.82) is 5.41 Å². The van der Waals surface area contributed by atoms with Gasteiger partial charge in [-0.15, -0.1) is 0 Å². The molecule has 2 aromatic carbocycles. The van der Waals surface area contributed by atoms with Gasteiger partial charge >= 0.3 is 0 Å². The molecule has 0 radical (unpaired) electrons. The minimum atomic E-state index is -0.277. The lowest BCUT2D eigenvalue weighted by Crippen LogP contribution is -2.36. The maximum atomic E-state index is 14.5. The number of anilines is 1. The van der Waals surface area contributed by atoms with Crippen LogP contribution in [0.4, 0.5) is 5.69 Å². The molecule has 1 atom stereocenters. The molecule has 0 saturated heterocycles. The monoisotopic (exact) mass is 607 g/mol. The van der Waals surface area contributed by atoms with Crippen molar-refractivity contribution in [1.82, 2.24) is 14.8 Å². The van der Waals surface area contributed by atoms with E-state index in [9.17, 15) is 4.79 Å². The molecular formula is C36H41N5O2S. The zero-order chi connectivity index (χ0) is 31.1. The topological polar surface area (TPSA) is 84.1 Å². The molecule has 1 aliphatic carbocycles. The first kappa shape index (κ1) is 31.3. The first-order chi connectivity index (χ1) is 21.3. The number of rotatable bonds is 11. The number of carbonyl (C=O) groups excluding carboxylic acids is 1. The summed E-state index contributed by atoms with van der Waals surface area (Å²) in [5.41, 5.74) is 6.01. The lowest BCUT2D eigenvalue weighted by Gasteiger charge is -2.31. The number of amides is 1. The molecule has 228 valence electrons. The van der Waals surface area contributed by atoms with Gasteiger partial charge in [0, 0.05) is 22.4 Å². The number of hydrogen-bond donors (Lipinski definition) is 1. The molecule has 0 fully saturated rings. The number of nitrogens with one attached hydrogen (secondary N) is 1. The largest absolute Gasteiger partial charge is 0.489 e. The molecule has 44 heavy (non-hydrogen) atoms. The number of ether oxygens (including phenoxy) is 1. The van der Waals surface area contributed by atoms with Crippen molar-refractivity contribution < 1.29 is 9.53 Å². The maximum absolute atomic E-state index is 14.5. The van der Waals surface area contributed by atoms with Crippen LogP contribution in [0.2, 0.25) is 0 Å². The number of fused-ring (bicyclic) bond motifs is 1. The first-order valence-electron chi connectivity index (χ1n) is 15.3. The van der Waals surface area contributed by atoms with Crippen molar-refractivity contribution >= 4 is 28.4 Å². The molecule has 1 amide bonds. The van der Waals surface area contributed by atoms with Gasteiger partial charge in [-0.25, -0.2) is 0 Å². The Bertz CT molecular complexity index is 1610. The fourth-order valence-corrected chi connectivity index (χ4v) is 6.33. The quantitative estimate of drug-likeness (QED) is 0.137. The summed E-state index contributed by atoms with van der Waals surface area (Å²) in [6, 6.07) is 20.3. The Balaban J connectivity index is 1.42. The van der Waals surface area contributed by atoms with Crippen molar-refractivity contribution in [3.8, 4) is 5.75 Å². The van der Waals surface area contributed by atoms with Crippen LogP contribution >= 0.6 is 11.8 Å². The van der Waals surface area contributed by atoms with Crippen LogP contribution in [0, 0.1) is 5.41 Å². The molecule has 1 aliphatic rings. The van der Waals surface area contributed by atoms with Gasteiger partial charge in [-0.2, -0.15) is 5.10 Å². The number of carbonyl (C=O) groups is 1. The van der Waals surface area contributed by atoms with Crippen molar-refractivity contribution in [2.75, 3.05) is 4.90 Å². The zero-order valence-corrected chi connectivity index (χ0v) is 26.8. The second-order valence-corrected chi connectivity index (χ2v) is 12.9. The molecule has 5 rings (SSSR count). The van der Waals surface area contributed by atoms with Crippen LogP contribution in [-0.4, -0.2) is 25.7 Å². The van der Waals surface area contributed by atoms with Gasteiger partial charge in [-0.3, -0.25) is 19.9 Å². The lowest BCUT2D eigenvalue weighted by molar-refractivity contribution is -0.120. The summed E-state index contributed by atoms with van der Waals surface area (Å²) >= 11 is 1.44. The summed E-state index contributed by atoms with van der Waals surface area (Å²) in [6.45, 7) is 9.46. The molecule has 0 saturated carbocycles. The number of pyridine rings is 1. The number of benzene rings is 2. The van der Waals surface area contributed by atoms with E-state index in [0.717, 1.165) is 63.6 Å². The predicted molar refractivity (Wildman–Crippen MR) is 179 cm³/mol. The van der Waals surface area contributed by atoms with Crippen LogP contribution in [0.5, 0.6) is 5.75 Å². The summed E-state index contributed by atoms with van der Waals surface area (Å²) in [7, 11) is 0. The second-order valence-electron chi connectivity index (χ2n) is 11.5. The zero-order valence-electron chi connectivity index (χ0n) is 26.0. The van der Waals surface area contributed by atoms with E-state index in [-0.39, 0.29) is 11.8 Å². The van der Waals surface area contributed by atoms with E-state index in [4.69, 9.17) is 15.1 Å². The van der Waals surface area contributed by atoms with Crippen LogP contribution in [0.3, 0.4) is 0 Å². The third kappa shape index (κ3) is 7.66. The van der Waals surface area contributed by atoms with Crippen LogP contribution in [0.25, 0.3) is 0 Å². The standard InChI is InChI=1S/C36H41N5O2S/c1-5-30(44-26(4)37)23-40-21-28(19-39-40)22-41(29-17-18-34(25(2)3)38-20-29)36(42)33-15-9-14-32-31(33)13-10-16-35(32)43-24-27-11-7-6-8-12-27/h5-8,10-13,16-21,25,33,37H,9,14-15,22-24H2,1-4H3/b30-5+,37-26?. The SMILES string of the molecule is C/C=C(\Cn1cc(CN(C(=O)C2CCCc3c(OCc4ccccc4)cccc32)c2ccc(C(C)C)nc2)cn1)SC(C)=N. The van der Waals surface area contributed by atoms with E-state index in [0.29, 0.717) is 30.7 Å². The van der Waals surface area contributed by atoms with Gasteiger partial charge in [-0.1, -0.05) is 74.1 Å². The molecule has 0 bridgehead atoms. The summed E-state index contributed by atoms with van der Waals surface area (Å²) in [5, 5.41) is 13.0. The van der Waals surface area contributed by atoms with E-state index in [2.05, 4.69) is 37.1 Å². The fraction of sp³-hybridized carbons (Fsp3) is 0.333. The van der Waals surface area contributed by atoms with Gasteiger partial charge < -0.3 is 9.64 Å². The molecule has 0 aliphatic heterocycles. The predicted octanol–water partition coefficient (Wildman–Crippen LogP) is 8.27. The molecular weight excluding hydrogens is 566 g/mol. The second kappa shape index (κ2) is 14.5. The Hall–Kier alpha value is -4.17. The molecule has 0 spiro atoms. The van der Waals surface area contributed by atoms with Gasteiger partial charge in [0.1, 0.15) is 12.4 Å². The van der Waals surface area contributed by atoms with Crippen LogP contribution < -0.4 is 9.64 Å². The third-order valence-corrected chi connectivity index (χ3v) is 8.82. The highest BCUT2D eigenvalue weighted by Gasteiger charge is 2.32. The van der Waals surface area contributed by atoms with Crippen molar-refractivity contribution in [3.05, 3.63) is 118 Å². The van der Waals surface area contributed by atoms with E-state index in [1.54, 1.807) is 6.92 Å². The molecule has 1 N–H and O–H groups in total. The van der Waals surface area contributed by atoms with Crippen molar-refractivity contribution in [2.45, 2.75) is 78.5 Å². The van der Waals surface area contributed by atoms with E-state index in [1.807, 2.05) is 83.6 Å². The Labute approximate surface area is 264 Å². The summed E-state index contributed by atoms with van der Waals surface area (Å²) in [4.78, 5) is 22.1. The number of nitrogens with zero attached hydrogens (tertiary/aromatic N) is 4. The highest BCUT2D eigenvalue weighted by Crippen LogP contribution is 2.39. The van der Waals surface area contributed by atoms with Gasteiger partial charge in [-0.05, 0) is 73.9 Å². The molecule has 2 heterocycles. The minimum absolute atomic E-state index is 0.0575. The van der Waals surface area contributed by atoms with Gasteiger partial charge in [0.2, 0.25) is 5.91 Å².